The molecule has 0 fully saturated rings. The number of aromatic nitrogens is 3. The number of rotatable bonds is 2. The molecule has 0 atom stereocenters. The Morgan fingerprint density at radius 2 is 2.00 bits per heavy atom. The highest BCUT2D eigenvalue weighted by Crippen LogP contribution is 2.15. The lowest BCUT2D eigenvalue weighted by atomic mass is 10.2. The maximum atomic E-state index is 4.19. The third-order valence-corrected chi connectivity index (χ3v) is 1.88. The van der Waals surface area contributed by atoms with Crippen LogP contribution in [0, 0.1) is 0 Å². The smallest absolute Gasteiger partial charge is 0.125 e. The first-order valence-corrected chi connectivity index (χ1v) is 4.30. The Kier molecular flexibility index (Phi) is 2.36. The standard InChI is InChI=1S/C10H10N4/c1-11-10-3-2-8(6-14-10)9-7-12-4-5-13-9/h2-7H,1H3,(H,11,14). The number of hydrogen-bond donors (Lipinski definition) is 1. The van der Waals surface area contributed by atoms with Crippen molar-refractivity contribution in [1.29, 1.82) is 0 Å². The molecule has 0 aliphatic carbocycles. The topological polar surface area (TPSA) is 50.7 Å². The second-order valence-electron chi connectivity index (χ2n) is 2.77. The van der Waals surface area contributed by atoms with Gasteiger partial charge < -0.3 is 5.32 Å². The van der Waals surface area contributed by atoms with Crippen LogP contribution in [0.3, 0.4) is 0 Å². The van der Waals surface area contributed by atoms with Gasteiger partial charge in [0.25, 0.3) is 0 Å². The molecule has 0 aliphatic rings. The van der Waals surface area contributed by atoms with Gasteiger partial charge in [-0.25, -0.2) is 4.98 Å². The summed E-state index contributed by atoms with van der Waals surface area (Å²) >= 11 is 0. The summed E-state index contributed by atoms with van der Waals surface area (Å²) in [6.07, 6.45) is 6.81. The van der Waals surface area contributed by atoms with Crippen LogP contribution in [0.5, 0.6) is 0 Å². The van der Waals surface area contributed by atoms with Crippen LogP contribution in [0.15, 0.2) is 36.9 Å². The van der Waals surface area contributed by atoms with Crippen molar-refractivity contribution in [3.63, 3.8) is 0 Å². The molecule has 2 aromatic rings. The number of anilines is 1. The zero-order valence-corrected chi connectivity index (χ0v) is 7.81. The minimum Gasteiger partial charge on any atom is -0.373 e. The van der Waals surface area contributed by atoms with E-state index in [1.165, 1.54) is 0 Å². The minimum absolute atomic E-state index is 0.836. The van der Waals surface area contributed by atoms with Crippen LogP contribution in [0.1, 0.15) is 0 Å². The van der Waals surface area contributed by atoms with Crippen molar-refractivity contribution in [3.8, 4) is 11.3 Å². The molecule has 4 nitrogen and oxygen atoms in total. The van der Waals surface area contributed by atoms with Crippen LogP contribution < -0.4 is 5.32 Å². The highest BCUT2D eigenvalue weighted by atomic mass is 14.9. The van der Waals surface area contributed by atoms with E-state index in [9.17, 15) is 0 Å². The van der Waals surface area contributed by atoms with Gasteiger partial charge in [-0.2, -0.15) is 0 Å². The lowest BCUT2D eigenvalue weighted by Gasteiger charge is -2.01. The second-order valence-corrected chi connectivity index (χ2v) is 2.77. The van der Waals surface area contributed by atoms with E-state index < -0.39 is 0 Å². The summed E-state index contributed by atoms with van der Waals surface area (Å²) in [7, 11) is 1.84. The lowest BCUT2D eigenvalue weighted by Crippen LogP contribution is -1.92. The normalized spacial score (nSPS) is 9.79. The largest absolute Gasteiger partial charge is 0.373 e. The molecule has 0 amide bonds. The SMILES string of the molecule is CNc1ccc(-c2cnccn2)cn1. The highest BCUT2D eigenvalue weighted by Gasteiger charge is 1.98. The molecule has 0 aromatic carbocycles. The number of nitrogens with zero attached hydrogens (tertiary/aromatic N) is 3. The van der Waals surface area contributed by atoms with Crippen molar-refractivity contribution >= 4 is 5.82 Å². The van der Waals surface area contributed by atoms with E-state index in [2.05, 4.69) is 20.3 Å². The Labute approximate surface area is 82.1 Å². The van der Waals surface area contributed by atoms with E-state index in [-0.39, 0.29) is 0 Å². The molecule has 4 heteroatoms. The number of hydrogen-bond acceptors (Lipinski definition) is 4. The minimum atomic E-state index is 0.836. The van der Waals surface area contributed by atoms with E-state index in [0.29, 0.717) is 0 Å². The molecule has 0 saturated heterocycles. The van der Waals surface area contributed by atoms with Crippen LogP contribution in [-0.2, 0) is 0 Å². The molecule has 0 unspecified atom stereocenters. The first-order valence-electron chi connectivity index (χ1n) is 4.30. The van der Waals surface area contributed by atoms with Gasteiger partial charge in [0.05, 0.1) is 11.9 Å². The summed E-state index contributed by atoms with van der Waals surface area (Å²) in [6, 6.07) is 3.87. The molecule has 14 heavy (non-hydrogen) atoms. The van der Waals surface area contributed by atoms with Gasteiger partial charge in [-0.15, -0.1) is 0 Å². The van der Waals surface area contributed by atoms with E-state index in [1.54, 1.807) is 24.8 Å². The van der Waals surface area contributed by atoms with Gasteiger partial charge in [0, 0.05) is 31.2 Å². The van der Waals surface area contributed by atoms with Crippen LogP contribution in [0.4, 0.5) is 5.82 Å². The zero-order valence-electron chi connectivity index (χ0n) is 7.81. The molecule has 0 saturated carbocycles. The maximum Gasteiger partial charge on any atom is 0.125 e. The first-order chi connectivity index (χ1) is 6.90. The van der Waals surface area contributed by atoms with Gasteiger partial charge in [-0.05, 0) is 12.1 Å². The molecule has 0 aliphatic heterocycles. The average Bonchev–Trinajstić information content (AvgIpc) is 2.30. The maximum absolute atomic E-state index is 4.19. The van der Waals surface area contributed by atoms with Crippen LogP contribution in [0.25, 0.3) is 11.3 Å². The fourth-order valence-electron chi connectivity index (χ4n) is 1.14. The molecule has 0 spiro atoms. The molecule has 2 rings (SSSR count). The van der Waals surface area contributed by atoms with Crippen molar-refractivity contribution in [2.45, 2.75) is 0 Å². The van der Waals surface area contributed by atoms with Gasteiger partial charge in [-0.3, -0.25) is 9.97 Å². The van der Waals surface area contributed by atoms with Crippen LogP contribution >= 0.6 is 0 Å². The van der Waals surface area contributed by atoms with Crippen LogP contribution in [0.2, 0.25) is 0 Å². The Morgan fingerprint density at radius 1 is 1.07 bits per heavy atom. The van der Waals surface area contributed by atoms with E-state index in [1.807, 2.05) is 19.2 Å². The summed E-state index contributed by atoms with van der Waals surface area (Å²) in [5, 5.41) is 2.96. The Bertz CT molecular complexity index is 396. The van der Waals surface area contributed by atoms with E-state index in [4.69, 9.17) is 0 Å². The fourth-order valence-corrected chi connectivity index (χ4v) is 1.14. The predicted octanol–water partition coefficient (Wildman–Crippen LogP) is 1.58. The summed E-state index contributed by atoms with van der Waals surface area (Å²) < 4.78 is 0. The third kappa shape index (κ3) is 1.69. The average molecular weight is 186 g/mol. The Hall–Kier alpha value is -1.97. The van der Waals surface area contributed by atoms with Gasteiger partial charge in [0.1, 0.15) is 5.82 Å². The molecular formula is C10H10N4. The van der Waals surface area contributed by atoms with Crippen molar-refractivity contribution in [2.75, 3.05) is 12.4 Å². The Balaban J connectivity index is 2.34. The van der Waals surface area contributed by atoms with Gasteiger partial charge >= 0.3 is 0 Å². The Morgan fingerprint density at radius 3 is 2.57 bits per heavy atom. The van der Waals surface area contributed by atoms with Crippen LogP contribution in [-0.4, -0.2) is 22.0 Å². The third-order valence-electron chi connectivity index (χ3n) is 1.88. The number of pyridine rings is 1. The molecule has 1 N–H and O–H groups in total. The summed E-state index contributed by atoms with van der Waals surface area (Å²) in [5.74, 6) is 0.845. The van der Waals surface area contributed by atoms with Gasteiger partial charge in [0.2, 0.25) is 0 Å². The molecule has 2 heterocycles. The van der Waals surface area contributed by atoms with Crippen molar-refractivity contribution in [3.05, 3.63) is 36.9 Å². The molecule has 0 bridgehead atoms. The van der Waals surface area contributed by atoms with Crippen molar-refractivity contribution in [2.24, 2.45) is 0 Å². The summed E-state index contributed by atoms with van der Waals surface area (Å²) in [5.41, 5.74) is 1.81. The second kappa shape index (κ2) is 3.83. The summed E-state index contributed by atoms with van der Waals surface area (Å²) in [4.78, 5) is 12.4. The number of nitrogens with one attached hydrogen (secondary N) is 1. The molecular weight excluding hydrogens is 176 g/mol. The zero-order chi connectivity index (χ0) is 9.80. The summed E-state index contributed by atoms with van der Waals surface area (Å²) in [6.45, 7) is 0. The highest BCUT2D eigenvalue weighted by molar-refractivity contribution is 5.58. The monoisotopic (exact) mass is 186 g/mol. The molecule has 70 valence electrons. The predicted molar refractivity (Wildman–Crippen MR) is 54.8 cm³/mol. The van der Waals surface area contributed by atoms with Crippen molar-refractivity contribution in [1.82, 2.24) is 15.0 Å². The first kappa shape index (κ1) is 8.62. The molecule has 0 radical (unpaired) electrons. The fraction of sp³-hybridized carbons (Fsp3) is 0.100. The van der Waals surface area contributed by atoms with Gasteiger partial charge in [0.15, 0.2) is 0 Å². The van der Waals surface area contributed by atoms with Gasteiger partial charge in [-0.1, -0.05) is 0 Å². The lowest BCUT2D eigenvalue weighted by molar-refractivity contribution is 1.19. The molecule has 2 aromatic heterocycles. The van der Waals surface area contributed by atoms with Crippen molar-refractivity contribution < 1.29 is 0 Å². The van der Waals surface area contributed by atoms with E-state index >= 15 is 0 Å². The quantitative estimate of drug-likeness (QED) is 0.773. The van der Waals surface area contributed by atoms with E-state index in [0.717, 1.165) is 17.1 Å².